The molecule has 1 unspecified atom stereocenters. The monoisotopic (exact) mass is 237 g/mol. The number of rotatable bonds is 2. The zero-order valence-corrected chi connectivity index (χ0v) is 9.03. The predicted molar refractivity (Wildman–Crippen MR) is 59.5 cm³/mol. The highest BCUT2D eigenvalue weighted by atomic mass is 35.5. The summed E-state index contributed by atoms with van der Waals surface area (Å²) < 4.78 is 13.1. The van der Waals surface area contributed by atoms with Gasteiger partial charge in [-0.05, 0) is 29.8 Å². The molecule has 0 saturated heterocycles. The molecule has 2 rings (SSSR count). The lowest BCUT2D eigenvalue weighted by Crippen LogP contribution is -2.15. The van der Waals surface area contributed by atoms with Crippen LogP contribution in [-0.4, -0.2) is 9.97 Å². The molecule has 1 aromatic carbocycles. The minimum absolute atomic E-state index is 0.384. The zero-order chi connectivity index (χ0) is 11.5. The maximum absolute atomic E-state index is 13.1. The molecular weight excluding hydrogens is 229 g/mol. The summed E-state index contributed by atoms with van der Waals surface area (Å²) in [7, 11) is 0. The summed E-state index contributed by atoms with van der Waals surface area (Å²) in [6, 6.07) is 5.11. The molecule has 1 atom stereocenters. The highest BCUT2D eigenvalue weighted by molar-refractivity contribution is 6.31. The molecule has 0 aliphatic carbocycles. The Morgan fingerprint density at radius 3 is 2.62 bits per heavy atom. The zero-order valence-electron chi connectivity index (χ0n) is 8.27. The van der Waals surface area contributed by atoms with Gasteiger partial charge in [0.2, 0.25) is 0 Å². The average molecular weight is 238 g/mol. The van der Waals surface area contributed by atoms with Gasteiger partial charge in [-0.25, -0.2) is 14.4 Å². The molecule has 3 nitrogen and oxygen atoms in total. The highest BCUT2D eigenvalue weighted by Gasteiger charge is 2.15. The van der Waals surface area contributed by atoms with Crippen molar-refractivity contribution in [2.24, 2.45) is 5.73 Å². The lowest BCUT2D eigenvalue weighted by molar-refractivity contribution is 0.622. The van der Waals surface area contributed by atoms with Crippen LogP contribution in [0.3, 0.4) is 0 Å². The van der Waals surface area contributed by atoms with Crippen LogP contribution in [0.25, 0.3) is 0 Å². The van der Waals surface area contributed by atoms with E-state index >= 15 is 0 Å². The van der Waals surface area contributed by atoms with Crippen molar-refractivity contribution in [3.8, 4) is 0 Å². The summed E-state index contributed by atoms with van der Waals surface area (Å²) in [6.45, 7) is 0. The van der Waals surface area contributed by atoms with Gasteiger partial charge in [-0.1, -0.05) is 11.6 Å². The van der Waals surface area contributed by atoms with Gasteiger partial charge in [0, 0.05) is 17.4 Å². The second-order valence-electron chi connectivity index (χ2n) is 3.25. The Hall–Kier alpha value is -1.52. The topological polar surface area (TPSA) is 51.8 Å². The predicted octanol–water partition coefficient (Wildman–Crippen LogP) is 2.32. The molecule has 2 aromatic rings. The molecule has 16 heavy (non-hydrogen) atoms. The molecule has 2 N–H and O–H groups in total. The first kappa shape index (κ1) is 11.0. The number of halogens is 2. The number of nitrogens with zero attached hydrogens (tertiary/aromatic N) is 2. The van der Waals surface area contributed by atoms with E-state index in [1.807, 2.05) is 0 Å². The maximum atomic E-state index is 13.1. The fourth-order valence-corrected chi connectivity index (χ4v) is 1.60. The third-order valence-corrected chi connectivity index (χ3v) is 2.50. The molecule has 5 heteroatoms. The van der Waals surface area contributed by atoms with Crippen molar-refractivity contribution >= 4 is 11.6 Å². The van der Waals surface area contributed by atoms with Gasteiger partial charge in [0.25, 0.3) is 0 Å². The van der Waals surface area contributed by atoms with Crippen molar-refractivity contribution in [2.45, 2.75) is 6.04 Å². The molecule has 1 heterocycles. The largest absolute Gasteiger partial charge is 0.318 e. The minimum Gasteiger partial charge on any atom is -0.318 e. The smallest absolute Gasteiger partial charge is 0.149 e. The van der Waals surface area contributed by atoms with Crippen LogP contribution >= 0.6 is 11.6 Å². The van der Waals surface area contributed by atoms with Crippen LogP contribution in [0.2, 0.25) is 5.02 Å². The van der Waals surface area contributed by atoms with Gasteiger partial charge in [-0.3, -0.25) is 0 Å². The summed E-state index contributed by atoms with van der Waals surface area (Å²) in [5, 5.41) is 0.404. The van der Waals surface area contributed by atoms with E-state index in [2.05, 4.69) is 9.97 Å². The van der Waals surface area contributed by atoms with E-state index in [4.69, 9.17) is 17.3 Å². The summed E-state index contributed by atoms with van der Waals surface area (Å²) in [5.41, 5.74) is 6.39. The van der Waals surface area contributed by atoms with Crippen LogP contribution < -0.4 is 5.73 Å². The van der Waals surface area contributed by atoms with Crippen molar-refractivity contribution in [3.05, 3.63) is 58.9 Å². The van der Waals surface area contributed by atoms with E-state index in [-0.39, 0.29) is 5.82 Å². The maximum Gasteiger partial charge on any atom is 0.149 e. The molecule has 0 aliphatic rings. The Morgan fingerprint density at radius 2 is 1.94 bits per heavy atom. The summed E-state index contributed by atoms with van der Waals surface area (Å²) in [4.78, 5) is 8.02. The standard InChI is InChI=1S/C11H9ClFN3/c12-9-3-2-7(13)6-8(9)10(14)11-15-4-1-5-16-11/h1-6,10H,14H2. The minimum atomic E-state index is -0.621. The molecule has 0 aliphatic heterocycles. The fourth-order valence-electron chi connectivity index (χ4n) is 1.36. The van der Waals surface area contributed by atoms with E-state index in [9.17, 15) is 4.39 Å². The molecule has 0 saturated carbocycles. The second kappa shape index (κ2) is 4.55. The van der Waals surface area contributed by atoms with E-state index in [1.165, 1.54) is 18.2 Å². The highest BCUT2D eigenvalue weighted by Crippen LogP contribution is 2.25. The van der Waals surface area contributed by atoms with Crippen molar-refractivity contribution in [2.75, 3.05) is 0 Å². The molecule has 82 valence electrons. The molecule has 0 bridgehead atoms. The number of aromatic nitrogens is 2. The van der Waals surface area contributed by atoms with E-state index in [0.29, 0.717) is 16.4 Å². The van der Waals surface area contributed by atoms with Crippen LogP contribution in [-0.2, 0) is 0 Å². The molecule has 0 radical (unpaired) electrons. The van der Waals surface area contributed by atoms with Gasteiger partial charge < -0.3 is 5.73 Å². The number of nitrogens with two attached hydrogens (primary N) is 1. The molecule has 0 amide bonds. The third kappa shape index (κ3) is 2.18. The number of hydrogen-bond acceptors (Lipinski definition) is 3. The van der Waals surface area contributed by atoms with E-state index < -0.39 is 6.04 Å². The van der Waals surface area contributed by atoms with Gasteiger partial charge >= 0.3 is 0 Å². The van der Waals surface area contributed by atoms with Crippen molar-refractivity contribution in [3.63, 3.8) is 0 Å². The molecule has 1 aromatic heterocycles. The first-order chi connectivity index (χ1) is 7.68. The normalized spacial score (nSPS) is 12.4. The second-order valence-corrected chi connectivity index (χ2v) is 3.66. The lowest BCUT2D eigenvalue weighted by Gasteiger charge is -2.11. The molecule has 0 spiro atoms. The SMILES string of the molecule is NC(c1ncccn1)c1cc(F)ccc1Cl. The Bertz CT molecular complexity index is 490. The summed E-state index contributed by atoms with van der Waals surface area (Å²) in [5.74, 6) is 0.0285. The molecule has 0 fully saturated rings. The Labute approximate surface area is 97.1 Å². The van der Waals surface area contributed by atoms with Gasteiger partial charge in [-0.15, -0.1) is 0 Å². The Morgan fingerprint density at radius 1 is 1.25 bits per heavy atom. The van der Waals surface area contributed by atoms with Crippen LogP contribution in [0.1, 0.15) is 17.4 Å². The van der Waals surface area contributed by atoms with Crippen LogP contribution in [0.5, 0.6) is 0 Å². The van der Waals surface area contributed by atoms with Crippen molar-refractivity contribution in [1.82, 2.24) is 9.97 Å². The summed E-state index contributed by atoms with van der Waals surface area (Å²) in [6.07, 6.45) is 3.16. The Kier molecular flexibility index (Phi) is 3.12. The average Bonchev–Trinajstić information content (AvgIpc) is 2.32. The third-order valence-electron chi connectivity index (χ3n) is 2.16. The van der Waals surface area contributed by atoms with Crippen molar-refractivity contribution in [1.29, 1.82) is 0 Å². The first-order valence-corrected chi connectivity index (χ1v) is 5.03. The van der Waals surface area contributed by atoms with Gasteiger partial charge in [-0.2, -0.15) is 0 Å². The quantitative estimate of drug-likeness (QED) is 0.872. The number of benzene rings is 1. The van der Waals surface area contributed by atoms with Gasteiger partial charge in [0.1, 0.15) is 11.6 Å². The van der Waals surface area contributed by atoms with Crippen molar-refractivity contribution < 1.29 is 4.39 Å². The van der Waals surface area contributed by atoms with Crippen LogP contribution in [0.4, 0.5) is 4.39 Å². The molecular formula is C11H9ClFN3. The van der Waals surface area contributed by atoms with Gasteiger partial charge in [0.05, 0.1) is 6.04 Å². The van der Waals surface area contributed by atoms with E-state index in [1.54, 1.807) is 18.5 Å². The van der Waals surface area contributed by atoms with Gasteiger partial charge in [0.15, 0.2) is 0 Å². The van der Waals surface area contributed by atoms with Crippen LogP contribution in [0.15, 0.2) is 36.7 Å². The fraction of sp³-hybridized carbons (Fsp3) is 0.0909. The Balaban J connectivity index is 2.41. The lowest BCUT2D eigenvalue weighted by atomic mass is 10.1. The summed E-state index contributed by atoms with van der Waals surface area (Å²) >= 11 is 5.94. The first-order valence-electron chi connectivity index (χ1n) is 4.66. The van der Waals surface area contributed by atoms with Crippen LogP contribution in [0, 0.1) is 5.82 Å². The van der Waals surface area contributed by atoms with E-state index in [0.717, 1.165) is 0 Å². The number of hydrogen-bond donors (Lipinski definition) is 1.